The Hall–Kier alpha value is -2.84. The van der Waals surface area contributed by atoms with E-state index in [-0.39, 0.29) is 5.91 Å². The molecule has 5 rings (SSSR count). The summed E-state index contributed by atoms with van der Waals surface area (Å²) in [4.78, 5) is 23.1. The number of benzene rings is 1. The zero-order chi connectivity index (χ0) is 23.9. The smallest absolute Gasteiger partial charge is 0.222 e. The van der Waals surface area contributed by atoms with E-state index in [4.69, 9.17) is 4.52 Å². The van der Waals surface area contributed by atoms with Crippen molar-refractivity contribution in [2.24, 2.45) is 11.8 Å². The normalized spacial score (nSPS) is 20.7. The molecule has 2 atom stereocenters. The average molecular weight is 492 g/mol. The van der Waals surface area contributed by atoms with Gasteiger partial charge in [-0.15, -0.1) is 11.8 Å². The van der Waals surface area contributed by atoms with Crippen molar-refractivity contribution in [3.05, 3.63) is 72.2 Å². The SMILES string of the molecule is O=C(C[C@@H]1CCNC[C@@H]1Cc1cc(CSc2ccccc2)on1)N1CCN(c2ccccn2)CC1. The minimum atomic E-state index is 0.280. The van der Waals surface area contributed by atoms with Crippen molar-refractivity contribution in [2.75, 3.05) is 44.2 Å². The third-order valence-electron chi connectivity index (χ3n) is 7.01. The molecule has 8 heteroatoms. The van der Waals surface area contributed by atoms with Gasteiger partial charge >= 0.3 is 0 Å². The number of hydrogen-bond acceptors (Lipinski definition) is 7. The van der Waals surface area contributed by atoms with Crippen molar-refractivity contribution in [3.63, 3.8) is 0 Å². The largest absolute Gasteiger partial charge is 0.360 e. The summed E-state index contributed by atoms with van der Waals surface area (Å²) >= 11 is 1.75. The topological polar surface area (TPSA) is 74.5 Å². The van der Waals surface area contributed by atoms with E-state index in [0.717, 1.165) is 75.1 Å². The molecule has 3 aromatic rings. The molecule has 2 fully saturated rings. The zero-order valence-corrected chi connectivity index (χ0v) is 20.8. The molecule has 1 aromatic carbocycles. The van der Waals surface area contributed by atoms with E-state index in [1.54, 1.807) is 11.8 Å². The fourth-order valence-corrected chi connectivity index (χ4v) is 5.82. The van der Waals surface area contributed by atoms with Crippen molar-refractivity contribution in [1.82, 2.24) is 20.4 Å². The Morgan fingerprint density at radius 2 is 1.89 bits per heavy atom. The van der Waals surface area contributed by atoms with Crippen LogP contribution in [0, 0.1) is 11.8 Å². The summed E-state index contributed by atoms with van der Waals surface area (Å²) in [7, 11) is 0. The third kappa shape index (κ3) is 6.44. The first-order valence-electron chi connectivity index (χ1n) is 12.5. The van der Waals surface area contributed by atoms with Crippen LogP contribution in [0.4, 0.5) is 5.82 Å². The van der Waals surface area contributed by atoms with Gasteiger partial charge in [0.1, 0.15) is 11.6 Å². The summed E-state index contributed by atoms with van der Waals surface area (Å²) in [6, 6.07) is 18.4. The number of piperidine rings is 1. The molecule has 1 N–H and O–H groups in total. The number of carbonyl (C=O) groups is 1. The van der Waals surface area contributed by atoms with Crippen LogP contribution in [0.25, 0.3) is 0 Å². The maximum Gasteiger partial charge on any atom is 0.222 e. The van der Waals surface area contributed by atoms with E-state index in [2.05, 4.69) is 38.6 Å². The molecule has 0 radical (unpaired) electrons. The van der Waals surface area contributed by atoms with E-state index in [0.29, 0.717) is 18.3 Å². The molecule has 0 bridgehead atoms. The number of piperazine rings is 1. The van der Waals surface area contributed by atoms with Crippen LogP contribution in [0.2, 0.25) is 0 Å². The van der Waals surface area contributed by atoms with Crippen molar-refractivity contribution in [1.29, 1.82) is 0 Å². The molecule has 35 heavy (non-hydrogen) atoms. The number of nitrogens with zero attached hydrogens (tertiary/aromatic N) is 4. The highest BCUT2D eigenvalue weighted by Crippen LogP contribution is 2.28. The van der Waals surface area contributed by atoms with Crippen LogP contribution in [0.5, 0.6) is 0 Å². The number of hydrogen-bond donors (Lipinski definition) is 1. The monoisotopic (exact) mass is 491 g/mol. The Kier molecular flexibility index (Phi) is 8.00. The first-order chi connectivity index (χ1) is 17.2. The molecule has 2 aromatic heterocycles. The summed E-state index contributed by atoms with van der Waals surface area (Å²) in [6.07, 6.45) is 4.31. The highest BCUT2D eigenvalue weighted by molar-refractivity contribution is 7.98. The van der Waals surface area contributed by atoms with Crippen LogP contribution in [0.3, 0.4) is 0 Å². The summed E-state index contributed by atoms with van der Waals surface area (Å²) in [6.45, 7) is 5.09. The summed E-state index contributed by atoms with van der Waals surface area (Å²) < 4.78 is 5.61. The predicted octanol–water partition coefficient (Wildman–Crippen LogP) is 3.87. The van der Waals surface area contributed by atoms with E-state index in [1.165, 1.54) is 4.90 Å². The Morgan fingerprint density at radius 1 is 1.06 bits per heavy atom. The quantitative estimate of drug-likeness (QED) is 0.480. The van der Waals surface area contributed by atoms with Gasteiger partial charge in [0.15, 0.2) is 0 Å². The number of amides is 1. The fourth-order valence-electron chi connectivity index (χ4n) is 5.02. The van der Waals surface area contributed by atoms with Crippen LogP contribution in [-0.2, 0) is 17.0 Å². The fraction of sp³-hybridized carbons (Fsp3) is 0.444. The van der Waals surface area contributed by atoms with Crippen LogP contribution in [0.15, 0.2) is 70.2 Å². The van der Waals surface area contributed by atoms with Gasteiger partial charge in [-0.2, -0.15) is 0 Å². The zero-order valence-electron chi connectivity index (χ0n) is 20.0. The van der Waals surface area contributed by atoms with E-state index >= 15 is 0 Å². The third-order valence-corrected chi connectivity index (χ3v) is 8.05. The number of pyridine rings is 1. The summed E-state index contributed by atoms with van der Waals surface area (Å²) in [5.74, 6) is 3.70. The second kappa shape index (κ2) is 11.7. The summed E-state index contributed by atoms with van der Waals surface area (Å²) in [5, 5.41) is 7.85. The molecule has 2 aliphatic heterocycles. The van der Waals surface area contributed by atoms with Gasteiger partial charge in [0.25, 0.3) is 0 Å². The van der Waals surface area contributed by atoms with Gasteiger partial charge in [-0.25, -0.2) is 4.98 Å². The maximum absolute atomic E-state index is 13.2. The first-order valence-corrected chi connectivity index (χ1v) is 13.5. The number of rotatable bonds is 8. The lowest BCUT2D eigenvalue weighted by molar-refractivity contribution is -0.133. The number of thioether (sulfide) groups is 1. The minimum Gasteiger partial charge on any atom is -0.360 e. The van der Waals surface area contributed by atoms with Gasteiger partial charge in [-0.3, -0.25) is 4.79 Å². The second-order valence-corrected chi connectivity index (χ2v) is 10.4. The van der Waals surface area contributed by atoms with Gasteiger partial charge in [-0.05, 0) is 62.0 Å². The van der Waals surface area contributed by atoms with Crippen LogP contribution in [-0.4, -0.2) is 60.2 Å². The number of carbonyl (C=O) groups excluding carboxylic acids is 1. The average Bonchev–Trinajstić information content (AvgIpc) is 3.37. The molecule has 0 aliphatic carbocycles. The molecule has 184 valence electrons. The predicted molar refractivity (Wildman–Crippen MR) is 138 cm³/mol. The van der Waals surface area contributed by atoms with Crippen LogP contribution < -0.4 is 10.2 Å². The standard InChI is InChI=1S/C27H33N5O2S/c33-27(32-14-12-31(13-15-32)26-8-4-5-10-29-26)17-21-9-11-28-19-22(21)16-23-18-24(34-30-23)20-35-25-6-2-1-3-7-25/h1-8,10,18,21-22,28H,9,11-17,19-20H2/t21-,22-/m0/s1. The highest BCUT2D eigenvalue weighted by atomic mass is 32.2. The maximum atomic E-state index is 13.2. The van der Waals surface area contributed by atoms with Crippen molar-refractivity contribution in [2.45, 2.75) is 29.9 Å². The van der Waals surface area contributed by atoms with E-state index in [9.17, 15) is 4.79 Å². The molecular weight excluding hydrogens is 458 g/mol. The Bertz CT molecular complexity index is 1070. The molecule has 0 spiro atoms. The molecular formula is C27H33N5O2S. The van der Waals surface area contributed by atoms with Crippen LogP contribution >= 0.6 is 11.8 Å². The van der Waals surface area contributed by atoms with Crippen LogP contribution in [0.1, 0.15) is 24.3 Å². The Morgan fingerprint density at radius 3 is 2.69 bits per heavy atom. The summed E-state index contributed by atoms with van der Waals surface area (Å²) in [5.41, 5.74) is 0.990. The van der Waals surface area contributed by atoms with Crippen molar-refractivity contribution in [3.8, 4) is 0 Å². The van der Waals surface area contributed by atoms with Gasteiger partial charge in [0.2, 0.25) is 5.91 Å². The number of nitrogens with one attached hydrogen (secondary N) is 1. The number of anilines is 1. The Labute approximate surface area is 211 Å². The number of aromatic nitrogens is 2. The molecule has 1 amide bonds. The molecule has 0 unspecified atom stereocenters. The molecule has 0 saturated carbocycles. The molecule has 2 aliphatic rings. The van der Waals surface area contributed by atoms with Gasteiger partial charge in [0.05, 0.1) is 11.4 Å². The minimum absolute atomic E-state index is 0.280. The molecule has 2 saturated heterocycles. The lowest BCUT2D eigenvalue weighted by Crippen LogP contribution is -2.50. The van der Waals surface area contributed by atoms with Gasteiger partial charge in [0, 0.05) is 49.8 Å². The van der Waals surface area contributed by atoms with E-state index < -0.39 is 0 Å². The van der Waals surface area contributed by atoms with Gasteiger partial charge in [-0.1, -0.05) is 29.4 Å². The lowest BCUT2D eigenvalue weighted by Gasteiger charge is -2.37. The van der Waals surface area contributed by atoms with Crippen molar-refractivity contribution >= 4 is 23.5 Å². The van der Waals surface area contributed by atoms with E-state index in [1.807, 2.05) is 47.5 Å². The lowest BCUT2D eigenvalue weighted by atomic mass is 9.81. The molecule has 4 heterocycles. The van der Waals surface area contributed by atoms with Crippen molar-refractivity contribution < 1.29 is 9.32 Å². The first kappa shape index (κ1) is 23.9. The molecule has 7 nitrogen and oxygen atoms in total. The van der Waals surface area contributed by atoms with Gasteiger partial charge < -0.3 is 19.6 Å². The highest BCUT2D eigenvalue weighted by Gasteiger charge is 2.31. The Balaban J connectivity index is 1.12. The second-order valence-electron chi connectivity index (χ2n) is 9.36.